The van der Waals surface area contributed by atoms with Gasteiger partial charge >= 0.3 is 10.2 Å². The van der Waals surface area contributed by atoms with Crippen LogP contribution in [0.15, 0.2) is 66.7 Å². The van der Waals surface area contributed by atoms with Crippen molar-refractivity contribution >= 4 is 33.4 Å². The minimum atomic E-state index is -4.19. The molecule has 7 nitrogen and oxygen atoms in total. The minimum absolute atomic E-state index is 0.0266. The molecule has 1 heterocycles. The van der Waals surface area contributed by atoms with Gasteiger partial charge in [0.2, 0.25) is 11.8 Å². The van der Waals surface area contributed by atoms with Crippen molar-refractivity contribution in [3.05, 3.63) is 95.1 Å². The van der Waals surface area contributed by atoms with E-state index in [0.717, 1.165) is 9.87 Å². The summed E-state index contributed by atoms with van der Waals surface area (Å²) in [5.41, 5.74) is 2.62. The molecule has 176 valence electrons. The third-order valence-corrected chi connectivity index (χ3v) is 6.76. The lowest BCUT2D eigenvalue weighted by Gasteiger charge is -2.20. The van der Waals surface area contributed by atoms with Gasteiger partial charge in [0.25, 0.3) is 0 Å². The Morgan fingerprint density at radius 2 is 1.38 bits per heavy atom. The summed E-state index contributed by atoms with van der Waals surface area (Å²) < 4.78 is 54.9. The summed E-state index contributed by atoms with van der Waals surface area (Å²) in [6, 6.07) is 15.7. The topological polar surface area (TPSA) is 95.6 Å². The summed E-state index contributed by atoms with van der Waals surface area (Å²) in [7, 11) is -4.19. The van der Waals surface area contributed by atoms with E-state index in [-0.39, 0.29) is 25.3 Å². The van der Waals surface area contributed by atoms with Gasteiger partial charge in [0.15, 0.2) is 0 Å². The number of nitrogens with one attached hydrogen (secondary N) is 2. The average molecular weight is 486 g/mol. The molecule has 0 aromatic heterocycles. The molecule has 1 aliphatic rings. The van der Waals surface area contributed by atoms with Gasteiger partial charge in [-0.25, -0.2) is 13.5 Å². The van der Waals surface area contributed by atoms with Crippen LogP contribution in [0.4, 0.5) is 20.2 Å². The van der Waals surface area contributed by atoms with Gasteiger partial charge in [-0.05, 0) is 59.5 Å². The van der Waals surface area contributed by atoms with Crippen molar-refractivity contribution in [1.29, 1.82) is 0 Å². The Hall–Kier alpha value is -3.79. The molecule has 0 radical (unpaired) electrons. The molecule has 0 saturated heterocycles. The molecule has 3 aromatic rings. The van der Waals surface area contributed by atoms with Crippen LogP contribution >= 0.6 is 0 Å². The standard InChI is InChI=1S/C24H21F2N3O4S/c25-19-6-1-16(2-7-19)13-23(30)27-21-10-5-18-11-12-29(22(18)15-21)34(32,33)28-24(31)14-17-3-8-20(26)9-4-17/h1-10,15H,11-14H2,(H,27,30)(H,28,31). The fourth-order valence-electron chi connectivity index (χ4n) is 3.69. The fourth-order valence-corrected chi connectivity index (χ4v) is 4.92. The first-order chi connectivity index (χ1) is 16.2. The molecular formula is C24H21F2N3O4S. The molecule has 3 aromatic carbocycles. The van der Waals surface area contributed by atoms with Crippen molar-refractivity contribution in [3.63, 3.8) is 0 Å². The van der Waals surface area contributed by atoms with Crippen LogP contribution in [0.5, 0.6) is 0 Å². The number of nitrogens with zero attached hydrogens (tertiary/aromatic N) is 1. The molecule has 0 spiro atoms. The number of anilines is 2. The van der Waals surface area contributed by atoms with Crippen LogP contribution in [0.2, 0.25) is 0 Å². The van der Waals surface area contributed by atoms with Gasteiger partial charge in [-0.3, -0.25) is 13.9 Å². The molecule has 0 atom stereocenters. The van der Waals surface area contributed by atoms with Gasteiger partial charge < -0.3 is 5.32 Å². The SMILES string of the molecule is O=C(Cc1ccc(F)cc1)Nc1ccc2c(c1)N(S(=O)(=O)NC(=O)Cc1ccc(F)cc1)CC2. The van der Waals surface area contributed by atoms with Crippen LogP contribution in [-0.2, 0) is 39.1 Å². The Labute approximate surface area is 195 Å². The largest absolute Gasteiger partial charge is 0.326 e. The number of fused-ring (bicyclic) bond motifs is 1. The van der Waals surface area contributed by atoms with Gasteiger partial charge in [-0.15, -0.1) is 0 Å². The number of hydrogen-bond acceptors (Lipinski definition) is 4. The number of hydrogen-bond donors (Lipinski definition) is 2. The Kier molecular flexibility index (Phi) is 6.60. The van der Waals surface area contributed by atoms with E-state index >= 15 is 0 Å². The molecule has 2 N–H and O–H groups in total. The molecule has 0 saturated carbocycles. The first-order valence-corrected chi connectivity index (χ1v) is 11.9. The lowest BCUT2D eigenvalue weighted by molar-refractivity contribution is -0.118. The summed E-state index contributed by atoms with van der Waals surface area (Å²) in [5.74, 6) is -1.93. The van der Waals surface area contributed by atoms with E-state index in [0.29, 0.717) is 28.9 Å². The van der Waals surface area contributed by atoms with Gasteiger partial charge in [0.05, 0.1) is 18.5 Å². The highest BCUT2D eigenvalue weighted by Gasteiger charge is 2.31. The van der Waals surface area contributed by atoms with Crippen LogP contribution in [-0.4, -0.2) is 26.8 Å². The van der Waals surface area contributed by atoms with Gasteiger partial charge in [0.1, 0.15) is 11.6 Å². The van der Waals surface area contributed by atoms with E-state index < -0.39 is 27.8 Å². The zero-order valence-electron chi connectivity index (χ0n) is 17.9. The maximum atomic E-state index is 13.0. The smallest absolute Gasteiger partial charge is 0.326 e. The molecule has 4 rings (SSSR count). The maximum absolute atomic E-state index is 13.0. The normalized spacial score (nSPS) is 12.8. The second-order valence-electron chi connectivity index (χ2n) is 7.85. The minimum Gasteiger partial charge on any atom is -0.326 e. The Morgan fingerprint density at radius 1 is 0.824 bits per heavy atom. The number of amides is 2. The van der Waals surface area contributed by atoms with Crippen molar-refractivity contribution in [2.45, 2.75) is 19.3 Å². The molecule has 0 bridgehead atoms. The van der Waals surface area contributed by atoms with Crippen LogP contribution in [0.25, 0.3) is 0 Å². The van der Waals surface area contributed by atoms with E-state index in [4.69, 9.17) is 0 Å². The highest BCUT2D eigenvalue weighted by atomic mass is 32.2. The van der Waals surface area contributed by atoms with E-state index in [1.54, 1.807) is 12.1 Å². The van der Waals surface area contributed by atoms with Crippen LogP contribution in [0.1, 0.15) is 16.7 Å². The summed E-state index contributed by atoms with van der Waals surface area (Å²) in [6.07, 6.45) is 0.255. The molecule has 0 aliphatic carbocycles. The van der Waals surface area contributed by atoms with Gasteiger partial charge in [0, 0.05) is 12.2 Å². The van der Waals surface area contributed by atoms with Crippen molar-refractivity contribution in [3.8, 4) is 0 Å². The molecular weight excluding hydrogens is 464 g/mol. The highest BCUT2D eigenvalue weighted by molar-refractivity contribution is 7.91. The predicted molar refractivity (Wildman–Crippen MR) is 123 cm³/mol. The number of carbonyl (C=O) groups excluding carboxylic acids is 2. The third kappa shape index (κ3) is 5.57. The third-order valence-electron chi connectivity index (χ3n) is 5.31. The van der Waals surface area contributed by atoms with Crippen molar-refractivity contribution in [2.75, 3.05) is 16.2 Å². The zero-order valence-corrected chi connectivity index (χ0v) is 18.7. The van der Waals surface area contributed by atoms with Gasteiger partial charge in [-0.1, -0.05) is 30.3 Å². The second kappa shape index (κ2) is 9.60. The van der Waals surface area contributed by atoms with E-state index in [1.165, 1.54) is 54.6 Å². The lowest BCUT2D eigenvalue weighted by Crippen LogP contribution is -2.43. The highest BCUT2D eigenvalue weighted by Crippen LogP contribution is 2.32. The zero-order chi connectivity index (χ0) is 24.3. The van der Waals surface area contributed by atoms with Crippen molar-refractivity contribution in [1.82, 2.24) is 4.72 Å². The predicted octanol–water partition coefficient (Wildman–Crippen LogP) is 3.11. The molecule has 0 unspecified atom stereocenters. The Bertz CT molecular complexity index is 1330. The van der Waals surface area contributed by atoms with Crippen LogP contribution < -0.4 is 14.3 Å². The van der Waals surface area contributed by atoms with Crippen molar-refractivity contribution < 1.29 is 26.8 Å². The maximum Gasteiger partial charge on any atom is 0.326 e. The van der Waals surface area contributed by atoms with Crippen molar-refractivity contribution in [2.24, 2.45) is 0 Å². The van der Waals surface area contributed by atoms with E-state index in [2.05, 4.69) is 5.32 Å². The first kappa shape index (κ1) is 23.4. The number of benzene rings is 3. The summed E-state index contributed by atoms with van der Waals surface area (Å²) >= 11 is 0. The van der Waals surface area contributed by atoms with E-state index in [9.17, 15) is 26.8 Å². The summed E-state index contributed by atoms with van der Waals surface area (Å²) in [6.45, 7) is 0.140. The summed E-state index contributed by atoms with van der Waals surface area (Å²) in [5, 5.41) is 2.71. The molecule has 0 fully saturated rings. The quantitative estimate of drug-likeness (QED) is 0.538. The van der Waals surface area contributed by atoms with Crippen LogP contribution in [0.3, 0.4) is 0 Å². The second-order valence-corrected chi connectivity index (χ2v) is 9.45. The molecule has 10 heteroatoms. The van der Waals surface area contributed by atoms with Crippen LogP contribution in [0, 0.1) is 11.6 Å². The van der Waals surface area contributed by atoms with Gasteiger partial charge in [-0.2, -0.15) is 8.42 Å². The fraction of sp³-hybridized carbons (Fsp3) is 0.167. The molecule has 2 amide bonds. The summed E-state index contributed by atoms with van der Waals surface area (Å²) in [4.78, 5) is 24.7. The number of rotatable bonds is 7. The Balaban J connectivity index is 1.43. The Morgan fingerprint density at radius 3 is 1.97 bits per heavy atom. The lowest BCUT2D eigenvalue weighted by atomic mass is 10.1. The number of halogens is 2. The first-order valence-electron chi connectivity index (χ1n) is 10.4. The van der Waals surface area contributed by atoms with E-state index in [1.807, 2.05) is 4.72 Å². The molecule has 1 aliphatic heterocycles. The molecule has 34 heavy (non-hydrogen) atoms. The number of carbonyl (C=O) groups is 2. The average Bonchev–Trinajstić information content (AvgIpc) is 3.21. The monoisotopic (exact) mass is 485 g/mol.